The molecule has 0 atom stereocenters. The summed E-state index contributed by atoms with van der Waals surface area (Å²) in [4.78, 5) is 40.3. The second-order valence-electron chi connectivity index (χ2n) is 6.79. The Kier molecular flexibility index (Phi) is 5.33. The largest absolute Gasteiger partial charge is 0.292 e. The van der Waals surface area contributed by atoms with E-state index in [-0.39, 0.29) is 22.9 Å². The molecule has 2 N–H and O–H groups in total. The number of hydrogen-bond donors (Lipinski definition) is 2. The SMILES string of the molecule is CCn1c(NNC(=O)c2nnn(-c3cccc([N+](=O)[O-])c3)c2C)nc2ccccc2c1=O. The van der Waals surface area contributed by atoms with E-state index in [1.807, 2.05) is 0 Å². The van der Waals surface area contributed by atoms with Crippen molar-refractivity contribution in [2.24, 2.45) is 0 Å². The molecule has 0 saturated heterocycles. The van der Waals surface area contributed by atoms with Gasteiger partial charge >= 0.3 is 0 Å². The van der Waals surface area contributed by atoms with Crippen LogP contribution in [0.3, 0.4) is 0 Å². The number of aromatic nitrogens is 5. The topological polar surface area (TPSA) is 150 Å². The molecule has 0 fully saturated rings. The maximum absolute atomic E-state index is 12.7. The molecule has 0 bridgehead atoms. The van der Waals surface area contributed by atoms with Crippen LogP contribution in [0.2, 0.25) is 0 Å². The molecule has 162 valence electrons. The van der Waals surface area contributed by atoms with Crippen molar-refractivity contribution in [3.8, 4) is 5.69 Å². The van der Waals surface area contributed by atoms with Gasteiger partial charge in [-0.2, -0.15) is 0 Å². The molecule has 2 aromatic carbocycles. The Balaban J connectivity index is 1.59. The Bertz CT molecular complexity index is 1410. The molecule has 0 radical (unpaired) electrons. The summed E-state index contributed by atoms with van der Waals surface area (Å²) in [5.74, 6) is -0.433. The minimum Gasteiger partial charge on any atom is -0.277 e. The van der Waals surface area contributed by atoms with Crippen LogP contribution >= 0.6 is 0 Å². The molecular formula is C20H18N8O4. The van der Waals surface area contributed by atoms with Crippen molar-refractivity contribution in [1.29, 1.82) is 0 Å². The molecule has 4 rings (SSSR count). The third kappa shape index (κ3) is 3.64. The van der Waals surface area contributed by atoms with Crippen molar-refractivity contribution in [3.05, 3.63) is 80.4 Å². The van der Waals surface area contributed by atoms with Gasteiger partial charge < -0.3 is 0 Å². The first kappa shape index (κ1) is 20.7. The number of hydrogen-bond acceptors (Lipinski definition) is 8. The van der Waals surface area contributed by atoms with Gasteiger partial charge in [-0.3, -0.25) is 35.1 Å². The number of nitrogens with zero attached hydrogens (tertiary/aromatic N) is 6. The van der Waals surface area contributed by atoms with Crippen LogP contribution in [0.1, 0.15) is 23.1 Å². The molecule has 12 nitrogen and oxygen atoms in total. The highest BCUT2D eigenvalue weighted by Crippen LogP contribution is 2.18. The summed E-state index contributed by atoms with van der Waals surface area (Å²) in [5.41, 5.74) is 6.10. The molecule has 32 heavy (non-hydrogen) atoms. The van der Waals surface area contributed by atoms with Crippen LogP contribution < -0.4 is 16.4 Å². The molecule has 0 aliphatic carbocycles. The average Bonchev–Trinajstić information content (AvgIpc) is 3.19. The lowest BCUT2D eigenvalue weighted by atomic mass is 10.2. The van der Waals surface area contributed by atoms with Gasteiger partial charge in [-0.05, 0) is 32.0 Å². The quantitative estimate of drug-likeness (QED) is 0.345. The van der Waals surface area contributed by atoms with E-state index in [9.17, 15) is 19.7 Å². The fourth-order valence-electron chi connectivity index (χ4n) is 3.25. The first-order valence-electron chi connectivity index (χ1n) is 9.63. The molecule has 0 aliphatic heterocycles. The summed E-state index contributed by atoms with van der Waals surface area (Å²) in [7, 11) is 0. The predicted molar refractivity (Wildman–Crippen MR) is 116 cm³/mol. The second-order valence-corrected chi connectivity index (χ2v) is 6.79. The van der Waals surface area contributed by atoms with Crippen molar-refractivity contribution in [2.45, 2.75) is 20.4 Å². The maximum atomic E-state index is 12.7. The highest BCUT2D eigenvalue weighted by atomic mass is 16.6. The fourth-order valence-corrected chi connectivity index (χ4v) is 3.25. The number of nitro groups is 1. The van der Waals surface area contributed by atoms with E-state index in [1.165, 1.54) is 27.4 Å². The smallest absolute Gasteiger partial charge is 0.277 e. The standard InChI is InChI=1S/C20H18N8O4/c1-3-26-19(30)15-9-4-5-10-16(15)21-20(26)24-23-18(29)17-12(2)27(25-22-17)13-7-6-8-14(11-13)28(31)32/h4-11H,3H2,1-2H3,(H,21,24)(H,23,29). The molecule has 12 heteroatoms. The highest BCUT2D eigenvalue weighted by molar-refractivity contribution is 5.94. The van der Waals surface area contributed by atoms with Gasteiger partial charge in [0.15, 0.2) is 5.69 Å². The number of hydrazine groups is 1. The van der Waals surface area contributed by atoms with E-state index in [1.54, 1.807) is 44.2 Å². The van der Waals surface area contributed by atoms with E-state index in [0.717, 1.165) is 0 Å². The lowest BCUT2D eigenvalue weighted by Crippen LogP contribution is -2.34. The number of nitro benzene ring substituents is 1. The zero-order chi connectivity index (χ0) is 22.8. The first-order valence-corrected chi connectivity index (χ1v) is 9.63. The summed E-state index contributed by atoms with van der Waals surface area (Å²) in [6, 6.07) is 12.8. The number of anilines is 1. The van der Waals surface area contributed by atoms with Crippen LogP contribution in [0.5, 0.6) is 0 Å². The predicted octanol–water partition coefficient (Wildman–Crippen LogP) is 1.97. The van der Waals surface area contributed by atoms with Gasteiger partial charge in [0.1, 0.15) is 0 Å². The summed E-state index contributed by atoms with van der Waals surface area (Å²) in [6.45, 7) is 3.75. The van der Waals surface area contributed by atoms with Gasteiger partial charge in [0.05, 0.1) is 27.2 Å². The van der Waals surface area contributed by atoms with Gasteiger partial charge in [0.2, 0.25) is 5.95 Å². The maximum Gasteiger partial charge on any atom is 0.292 e. The normalized spacial score (nSPS) is 10.8. The molecule has 0 spiro atoms. The molecular weight excluding hydrogens is 416 g/mol. The number of benzene rings is 2. The van der Waals surface area contributed by atoms with Gasteiger partial charge in [-0.1, -0.05) is 23.4 Å². The summed E-state index contributed by atoms with van der Waals surface area (Å²) in [6.07, 6.45) is 0. The number of rotatable bonds is 6. The van der Waals surface area contributed by atoms with E-state index in [4.69, 9.17) is 0 Å². The summed E-state index contributed by atoms with van der Waals surface area (Å²) >= 11 is 0. The molecule has 1 amide bonds. The Labute approximate surface area is 180 Å². The molecule has 2 heterocycles. The van der Waals surface area contributed by atoms with Crippen molar-refractivity contribution in [2.75, 3.05) is 5.43 Å². The second kappa shape index (κ2) is 8.26. The number of carbonyl (C=O) groups is 1. The fraction of sp³-hybridized carbons (Fsp3) is 0.150. The molecule has 0 aliphatic rings. The van der Waals surface area contributed by atoms with Crippen LogP contribution in [-0.4, -0.2) is 35.4 Å². The number of para-hydroxylation sites is 1. The average molecular weight is 434 g/mol. The highest BCUT2D eigenvalue weighted by Gasteiger charge is 2.19. The molecule has 4 aromatic rings. The number of fused-ring (bicyclic) bond motifs is 1. The zero-order valence-electron chi connectivity index (χ0n) is 17.1. The van der Waals surface area contributed by atoms with Crippen molar-refractivity contribution in [1.82, 2.24) is 30.0 Å². The lowest BCUT2D eigenvalue weighted by molar-refractivity contribution is -0.384. The molecule has 2 aromatic heterocycles. The Morgan fingerprint density at radius 1 is 1.19 bits per heavy atom. The van der Waals surface area contributed by atoms with Crippen LogP contribution in [0.15, 0.2) is 53.3 Å². The number of carbonyl (C=O) groups excluding carboxylic acids is 1. The number of nitrogens with one attached hydrogen (secondary N) is 2. The van der Waals surface area contributed by atoms with Crippen molar-refractivity contribution >= 4 is 28.4 Å². The Morgan fingerprint density at radius 3 is 2.72 bits per heavy atom. The zero-order valence-corrected chi connectivity index (χ0v) is 17.1. The number of amides is 1. The van der Waals surface area contributed by atoms with E-state index >= 15 is 0 Å². The summed E-state index contributed by atoms with van der Waals surface area (Å²) in [5, 5.41) is 19.3. The molecule has 0 saturated carbocycles. The van der Waals surface area contributed by atoms with Crippen molar-refractivity contribution < 1.29 is 9.72 Å². The van der Waals surface area contributed by atoms with Gasteiger partial charge in [0.25, 0.3) is 17.2 Å². The van der Waals surface area contributed by atoms with Gasteiger partial charge in [-0.25, -0.2) is 9.67 Å². The number of non-ortho nitro benzene ring substituents is 1. The third-order valence-electron chi connectivity index (χ3n) is 4.86. The summed E-state index contributed by atoms with van der Waals surface area (Å²) < 4.78 is 2.73. The molecule has 0 unspecified atom stereocenters. The Hall–Kier alpha value is -4.61. The van der Waals surface area contributed by atoms with Crippen LogP contribution in [-0.2, 0) is 6.54 Å². The van der Waals surface area contributed by atoms with Gasteiger partial charge in [-0.15, -0.1) is 5.10 Å². The van der Waals surface area contributed by atoms with Crippen LogP contribution in [0.4, 0.5) is 11.6 Å². The lowest BCUT2D eigenvalue weighted by Gasteiger charge is -2.13. The monoisotopic (exact) mass is 434 g/mol. The van der Waals surface area contributed by atoms with Crippen molar-refractivity contribution in [3.63, 3.8) is 0 Å². The third-order valence-corrected chi connectivity index (χ3v) is 4.86. The van der Waals surface area contributed by atoms with E-state index in [2.05, 4.69) is 26.1 Å². The minimum atomic E-state index is -0.607. The van der Waals surface area contributed by atoms with Gasteiger partial charge in [0, 0.05) is 18.7 Å². The van der Waals surface area contributed by atoms with E-state index < -0.39 is 10.8 Å². The van der Waals surface area contributed by atoms with Crippen LogP contribution in [0, 0.1) is 17.0 Å². The van der Waals surface area contributed by atoms with E-state index in [0.29, 0.717) is 28.8 Å². The minimum absolute atomic E-state index is 0.00944. The van der Waals surface area contributed by atoms with Crippen LogP contribution in [0.25, 0.3) is 16.6 Å². The first-order chi connectivity index (χ1) is 15.4. The Morgan fingerprint density at radius 2 is 1.97 bits per heavy atom.